The number of hydrogen-bond donors (Lipinski definition) is 1. The zero-order valence-electron chi connectivity index (χ0n) is 8.55. The van der Waals surface area contributed by atoms with Crippen molar-refractivity contribution in [1.29, 1.82) is 0 Å². The first kappa shape index (κ1) is 9.96. The smallest absolute Gasteiger partial charge is 0.0689 e. The number of likely N-dealkylation sites (N-methyl/N-ethyl adjacent to an activating group) is 1. The molecule has 72 valence electrons. The van der Waals surface area contributed by atoms with Crippen LogP contribution >= 0.6 is 0 Å². The van der Waals surface area contributed by atoms with E-state index in [-0.39, 0.29) is 5.54 Å². The van der Waals surface area contributed by atoms with E-state index in [1.54, 1.807) is 0 Å². The molecule has 1 heterocycles. The third-order valence-corrected chi connectivity index (χ3v) is 2.54. The van der Waals surface area contributed by atoms with Crippen molar-refractivity contribution in [2.24, 2.45) is 0 Å². The molecule has 0 radical (unpaired) electrons. The fourth-order valence-corrected chi connectivity index (χ4v) is 1.28. The Balaban J connectivity index is 2.35. The van der Waals surface area contributed by atoms with E-state index in [9.17, 15) is 0 Å². The van der Waals surface area contributed by atoms with Gasteiger partial charge in [-0.1, -0.05) is 0 Å². The maximum absolute atomic E-state index is 5.63. The highest BCUT2D eigenvalue weighted by Crippen LogP contribution is 2.18. The zero-order valence-corrected chi connectivity index (χ0v) is 8.55. The van der Waals surface area contributed by atoms with Crippen molar-refractivity contribution in [2.45, 2.75) is 25.5 Å². The minimum absolute atomic E-state index is 0.254. The monoisotopic (exact) mass is 172 g/mol. The maximum atomic E-state index is 5.63. The highest BCUT2D eigenvalue weighted by Gasteiger charge is 2.39. The fourth-order valence-electron chi connectivity index (χ4n) is 1.28. The summed E-state index contributed by atoms with van der Waals surface area (Å²) in [7, 11) is 4.23. The minimum atomic E-state index is 0.254. The van der Waals surface area contributed by atoms with Crippen LogP contribution in [0.4, 0.5) is 0 Å². The van der Waals surface area contributed by atoms with Crippen LogP contribution < -0.4 is 5.32 Å². The molecule has 12 heavy (non-hydrogen) atoms. The second-order valence-electron chi connectivity index (χ2n) is 4.08. The van der Waals surface area contributed by atoms with Crippen molar-refractivity contribution in [3.05, 3.63) is 0 Å². The van der Waals surface area contributed by atoms with Gasteiger partial charge in [-0.25, -0.2) is 0 Å². The quantitative estimate of drug-likeness (QED) is 0.661. The molecular formula is C9H20N2O. The van der Waals surface area contributed by atoms with E-state index in [2.05, 4.69) is 38.2 Å². The Morgan fingerprint density at radius 2 is 2.00 bits per heavy atom. The van der Waals surface area contributed by atoms with E-state index in [1.165, 1.54) is 0 Å². The molecule has 0 aromatic heterocycles. The number of ether oxygens (including phenoxy) is 1. The predicted molar refractivity (Wildman–Crippen MR) is 50.4 cm³/mol. The molecule has 1 fully saturated rings. The molecule has 0 saturated carbocycles. The molecule has 1 aliphatic rings. The van der Waals surface area contributed by atoms with Gasteiger partial charge < -0.3 is 10.1 Å². The molecule has 0 atom stereocenters. The lowest BCUT2D eigenvalue weighted by Gasteiger charge is -2.47. The molecule has 0 bridgehead atoms. The fraction of sp³-hybridized carbons (Fsp3) is 1.00. The highest BCUT2D eigenvalue weighted by atomic mass is 16.5. The van der Waals surface area contributed by atoms with Gasteiger partial charge >= 0.3 is 0 Å². The van der Waals surface area contributed by atoms with Crippen molar-refractivity contribution in [3.63, 3.8) is 0 Å². The van der Waals surface area contributed by atoms with Gasteiger partial charge in [-0.2, -0.15) is 0 Å². The number of hydrogen-bond acceptors (Lipinski definition) is 3. The summed E-state index contributed by atoms with van der Waals surface area (Å²) in [6, 6.07) is 0. The van der Waals surface area contributed by atoms with Gasteiger partial charge in [0.1, 0.15) is 0 Å². The summed E-state index contributed by atoms with van der Waals surface area (Å²) in [6.45, 7) is 7.09. The van der Waals surface area contributed by atoms with E-state index >= 15 is 0 Å². The topological polar surface area (TPSA) is 24.5 Å². The van der Waals surface area contributed by atoms with Crippen LogP contribution in [0.15, 0.2) is 0 Å². The first-order valence-electron chi connectivity index (χ1n) is 4.56. The van der Waals surface area contributed by atoms with Crippen LogP contribution in [0.5, 0.6) is 0 Å². The van der Waals surface area contributed by atoms with Gasteiger partial charge in [-0.15, -0.1) is 0 Å². The molecule has 0 aromatic rings. The molecular weight excluding hydrogens is 152 g/mol. The summed E-state index contributed by atoms with van der Waals surface area (Å²) >= 11 is 0. The van der Waals surface area contributed by atoms with Gasteiger partial charge in [0.2, 0.25) is 0 Å². The van der Waals surface area contributed by atoms with Crippen LogP contribution in [0.25, 0.3) is 0 Å². The van der Waals surface area contributed by atoms with Gasteiger partial charge in [-0.05, 0) is 27.9 Å². The van der Waals surface area contributed by atoms with Crippen molar-refractivity contribution < 1.29 is 4.74 Å². The summed E-state index contributed by atoms with van der Waals surface area (Å²) in [5.41, 5.74) is 0.254. The van der Waals surface area contributed by atoms with E-state index in [4.69, 9.17) is 4.74 Å². The summed E-state index contributed by atoms with van der Waals surface area (Å²) < 4.78 is 5.63. The Morgan fingerprint density at radius 3 is 2.25 bits per heavy atom. The molecule has 1 saturated heterocycles. The van der Waals surface area contributed by atoms with Gasteiger partial charge in [-0.3, -0.25) is 4.90 Å². The Morgan fingerprint density at radius 1 is 1.42 bits per heavy atom. The molecule has 0 aromatic carbocycles. The molecule has 3 nitrogen and oxygen atoms in total. The van der Waals surface area contributed by atoms with Crippen LogP contribution in [0.3, 0.4) is 0 Å². The number of nitrogens with one attached hydrogen (secondary N) is 1. The van der Waals surface area contributed by atoms with Crippen molar-refractivity contribution in [3.8, 4) is 0 Å². The lowest BCUT2D eigenvalue weighted by molar-refractivity contribution is -0.0376. The van der Waals surface area contributed by atoms with Crippen molar-refractivity contribution >= 4 is 0 Å². The average Bonchev–Trinajstić information content (AvgIpc) is 1.83. The Labute approximate surface area is 75.1 Å². The molecule has 0 unspecified atom stereocenters. The van der Waals surface area contributed by atoms with Crippen LogP contribution in [-0.2, 0) is 4.74 Å². The van der Waals surface area contributed by atoms with Crippen molar-refractivity contribution in [2.75, 3.05) is 33.8 Å². The Kier molecular flexibility index (Phi) is 3.09. The summed E-state index contributed by atoms with van der Waals surface area (Å²) in [6.07, 6.45) is 0.336. The molecule has 0 amide bonds. The largest absolute Gasteiger partial charge is 0.377 e. The SMILES string of the molecule is CC(C)OCC1(N(C)C)CNC1. The Bertz CT molecular complexity index is 141. The lowest BCUT2D eigenvalue weighted by atomic mass is 9.92. The van der Waals surface area contributed by atoms with Gasteiger partial charge in [0.05, 0.1) is 18.2 Å². The molecule has 0 spiro atoms. The van der Waals surface area contributed by atoms with E-state index < -0.39 is 0 Å². The second-order valence-corrected chi connectivity index (χ2v) is 4.08. The third-order valence-electron chi connectivity index (χ3n) is 2.54. The molecule has 1 aliphatic heterocycles. The third kappa shape index (κ3) is 1.97. The molecule has 0 aliphatic carbocycles. The molecule has 1 N–H and O–H groups in total. The van der Waals surface area contributed by atoms with E-state index in [1.807, 2.05) is 0 Å². The van der Waals surface area contributed by atoms with Crippen LogP contribution in [0.1, 0.15) is 13.8 Å². The van der Waals surface area contributed by atoms with Crippen molar-refractivity contribution in [1.82, 2.24) is 10.2 Å². The van der Waals surface area contributed by atoms with Gasteiger partial charge in [0.15, 0.2) is 0 Å². The van der Waals surface area contributed by atoms with Gasteiger partial charge in [0.25, 0.3) is 0 Å². The predicted octanol–water partition coefficient (Wildman–Crippen LogP) is 0.315. The van der Waals surface area contributed by atoms with E-state index in [0.717, 1.165) is 19.7 Å². The Hall–Kier alpha value is -0.120. The summed E-state index contributed by atoms with van der Waals surface area (Å²) in [5, 5.41) is 3.29. The van der Waals surface area contributed by atoms with Crippen LogP contribution in [0.2, 0.25) is 0 Å². The van der Waals surface area contributed by atoms with Crippen LogP contribution in [-0.4, -0.2) is 50.3 Å². The highest BCUT2D eigenvalue weighted by molar-refractivity contribution is 5.00. The van der Waals surface area contributed by atoms with E-state index in [0.29, 0.717) is 6.10 Å². The number of nitrogens with zero attached hydrogens (tertiary/aromatic N) is 1. The van der Waals surface area contributed by atoms with Crippen LogP contribution in [0, 0.1) is 0 Å². The summed E-state index contributed by atoms with van der Waals surface area (Å²) in [4.78, 5) is 2.26. The lowest BCUT2D eigenvalue weighted by Crippen LogP contribution is -2.69. The molecule has 3 heteroatoms. The van der Waals surface area contributed by atoms with Gasteiger partial charge in [0, 0.05) is 13.1 Å². The zero-order chi connectivity index (χ0) is 9.19. The standard InChI is InChI=1S/C9H20N2O/c1-8(2)12-7-9(11(3)4)5-10-6-9/h8,10H,5-7H2,1-4H3. The maximum Gasteiger partial charge on any atom is 0.0689 e. The second kappa shape index (κ2) is 3.73. The first-order chi connectivity index (χ1) is 5.57. The average molecular weight is 172 g/mol. The summed E-state index contributed by atoms with van der Waals surface area (Å²) in [5.74, 6) is 0. The number of rotatable bonds is 4. The molecule has 1 rings (SSSR count). The first-order valence-corrected chi connectivity index (χ1v) is 4.56. The normalized spacial score (nSPS) is 21.5. The minimum Gasteiger partial charge on any atom is -0.377 e.